The van der Waals surface area contributed by atoms with Crippen molar-refractivity contribution in [1.29, 1.82) is 0 Å². The second kappa shape index (κ2) is 6.23. The van der Waals surface area contributed by atoms with Gasteiger partial charge >= 0.3 is 5.97 Å². The zero-order chi connectivity index (χ0) is 12.0. The number of aryl methyl sites for hydroxylation is 1. The van der Waals surface area contributed by atoms with Crippen LogP contribution < -0.4 is 0 Å². The summed E-state index contributed by atoms with van der Waals surface area (Å²) in [5.41, 5.74) is 1.45. The van der Waals surface area contributed by atoms with Crippen molar-refractivity contribution in [3.05, 3.63) is 35.1 Å². The third kappa shape index (κ3) is 3.98. The molecule has 0 amide bonds. The molecule has 0 atom stereocenters. The number of benzene rings is 1. The van der Waals surface area contributed by atoms with Crippen LogP contribution >= 0.6 is 0 Å². The van der Waals surface area contributed by atoms with Crippen LogP contribution in [0.3, 0.4) is 0 Å². The molecule has 4 heteroatoms. The van der Waals surface area contributed by atoms with Gasteiger partial charge in [0.1, 0.15) is 5.82 Å². The molecule has 0 aliphatic carbocycles. The summed E-state index contributed by atoms with van der Waals surface area (Å²) < 4.78 is 18.3. The molecule has 0 fully saturated rings. The number of halogens is 1. The fourth-order valence-electron chi connectivity index (χ4n) is 1.51. The molecule has 16 heavy (non-hydrogen) atoms. The van der Waals surface area contributed by atoms with Crippen molar-refractivity contribution in [2.75, 3.05) is 7.11 Å². The molecule has 0 radical (unpaired) electrons. The van der Waals surface area contributed by atoms with Crippen molar-refractivity contribution in [1.82, 2.24) is 0 Å². The lowest BCUT2D eigenvalue weighted by molar-refractivity contribution is -0.137. The summed E-state index contributed by atoms with van der Waals surface area (Å²) in [6, 6.07) is 4.78. The van der Waals surface area contributed by atoms with Crippen molar-refractivity contribution >= 4 is 5.97 Å². The van der Waals surface area contributed by atoms with E-state index in [0.29, 0.717) is 25.0 Å². The molecule has 0 bridgehead atoms. The first-order chi connectivity index (χ1) is 7.63. The molecule has 1 aromatic rings. The number of ether oxygens (including phenoxy) is 1. The first-order valence-corrected chi connectivity index (χ1v) is 5.11. The molecule has 0 saturated carbocycles. The number of carboxylic acid groups (broad SMARTS) is 1. The van der Waals surface area contributed by atoms with E-state index < -0.39 is 5.97 Å². The molecule has 0 aliphatic heterocycles. The minimum Gasteiger partial charge on any atom is -0.481 e. The summed E-state index contributed by atoms with van der Waals surface area (Å²) in [5, 5.41) is 8.49. The Morgan fingerprint density at radius 3 is 2.88 bits per heavy atom. The van der Waals surface area contributed by atoms with Crippen molar-refractivity contribution in [2.24, 2.45) is 0 Å². The van der Waals surface area contributed by atoms with Gasteiger partial charge in [-0.3, -0.25) is 4.79 Å². The lowest BCUT2D eigenvalue weighted by Crippen LogP contribution is -1.99. The van der Waals surface area contributed by atoms with Gasteiger partial charge in [0.15, 0.2) is 0 Å². The van der Waals surface area contributed by atoms with Crippen LogP contribution in [0.2, 0.25) is 0 Å². The van der Waals surface area contributed by atoms with Crippen LogP contribution in [0.15, 0.2) is 18.2 Å². The van der Waals surface area contributed by atoms with E-state index in [1.165, 1.54) is 6.07 Å². The number of hydrogen-bond acceptors (Lipinski definition) is 2. The number of carboxylic acids is 1. The van der Waals surface area contributed by atoms with E-state index in [0.717, 1.165) is 5.56 Å². The predicted octanol–water partition coefficient (Wildman–Crippen LogP) is 2.38. The van der Waals surface area contributed by atoms with Crippen LogP contribution in [-0.2, 0) is 22.6 Å². The van der Waals surface area contributed by atoms with Gasteiger partial charge in [-0.15, -0.1) is 0 Å². The van der Waals surface area contributed by atoms with E-state index in [9.17, 15) is 9.18 Å². The van der Waals surface area contributed by atoms with E-state index in [2.05, 4.69) is 0 Å². The molecular weight excluding hydrogens is 211 g/mol. The molecule has 3 nitrogen and oxygen atoms in total. The van der Waals surface area contributed by atoms with Crippen LogP contribution in [0, 0.1) is 5.82 Å². The molecule has 0 saturated heterocycles. The van der Waals surface area contributed by atoms with E-state index in [-0.39, 0.29) is 12.2 Å². The molecule has 1 rings (SSSR count). The standard InChI is InChI=1S/C12H15FO3/c1-16-8-9-5-6-11(13)10(7-9)3-2-4-12(14)15/h5-7H,2-4,8H2,1H3,(H,14,15). The normalized spacial score (nSPS) is 10.4. The fourth-order valence-corrected chi connectivity index (χ4v) is 1.51. The molecule has 0 aliphatic rings. The largest absolute Gasteiger partial charge is 0.481 e. The van der Waals surface area contributed by atoms with Crippen LogP contribution in [0.25, 0.3) is 0 Å². The van der Waals surface area contributed by atoms with E-state index in [4.69, 9.17) is 9.84 Å². The van der Waals surface area contributed by atoms with Gasteiger partial charge in [0, 0.05) is 13.5 Å². The highest BCUT2D eigenvalue weighted by molar-refractivity contribution is 5.66. The predicted molar refractivity (Wildman–Crippen MR) is 57.7 cm³/mol. The van der Waals surface area contributed by atoms with Crippen molar-refractivity contribution in [3.63, 3.8) is 0 Å². The number of hydrogen-bond donors (Lipinski definition) is 1. The Morgan fingerprint density at radius 2 is 2.25 bits per heavy atom. The Balaban J connectivity index is 2.62. The maximum Gasteiger partial charge on any atom is 0.303 e. The van der Waals surface area contributed by atoms with Crippen LogP contribution in [-0.4, -0.2) is 18.2 Å². The van der Waals surface area contributed by atoms with Gasteiger partial charge in [-0.05, 0) is 30.0 Å². The third-order valence-corrected chi connectivity index (χ3v) is 2.26. The second-order valence-electron chi connectivity index (χ2n) is 3.61. The average molecular weight is 226 g/mol. The number of rotatable bonds is 6. The van der Waals surface area contributed by atoms with Gasteiger partial charge in [0.2, 0.25) is 0 Å². The van der Waals surface area contributed by atoms with Gasteiger partial charge in [0.25, 0.3) is 0 Å². The molecule has 1 N–H and O–H groups in total. The van der Waals surface area contributed by atoms with Gasteiger partial charge in [-0.2, -0.15) is 0 Å². The van der Waals surface area contributed by atoms with E-state index >= 15 is 0 Å². The fraction of sp³-hybridized carbons (Fsp3) is 0.417. The molecular formula is C12H15FO3. The van der Waals surface area contributed by atoms with Crippen LogP contribution in [0.4, 0.5) is 4.39 Å². The molecule has 0 unspecified atom stereocenters. The lowest BCUT2D eigenvalue weighted by Gasteiger charge is -2.05. The SMILES string of the molecule is COCc1ccc(F)c(CCCC(=O)O)c1. The summed E-state index contributed by atoms with van der Waals surface area (Å²) in [5.74, 6) is -1.14. The minimum absolute atomic E-state index is 0.0634. The Morgan fingerprint density at radius 1 is 1.50 bits per heavy atom. The molecule has 0 spiro atoms. The highest BCUT2D eigenvalue weighted by atomic mass is 19.1. The lowest BCUT2D eigenvalue weighted by atomic mass is 10.0. The molecule has 0 aromatic heterocycles. The minimum atomic E-state index is -0.853. The Bertz CT molecular complexity index is 363. The third-order valence-electron chi connectivity index (χ3n) is 2.26. The van der Waals surface area contributed by atoms with E-state index in [1.54, 1.807) is 19.2 Å². The van der Waals surface area contributed by atoms with Crippen LogP contribution in [0.1, 0.15) is 24.0 Å². The molecule has 88 valence electrons. The van der Waals surface area contributed by atoms with Gasteiger partial charge in [-0.1, -0.05) is 12.1 Å². The van der Waals surface area contributed by atoms with Gasteiger partial charge < -0.3 is 9.84 Å². The summed E-state index contributed by atoms with van der Waals surface area (Å²) >= 11 is 0. The second-order valence-corrected chi connectivity index (χ2v) is 3.61. The highest BCUT2D eigenvalue weighted by Gasteiger charge is 2.05. The van der Waals surface area contributed by atoms with Gasteiger partial charge in [-0.25, -0.2) is 4.39 Å². The van der Waals surface area contributed by atoms with Crippen molar-refractivity contribution < 1.29 is 19.0 Å². The Hall–Kier alpha value is -1.42. The smallest absolute Gasteiger partial charge is 0.303 e. The summed E-state index contributed by atoms with van der Waals surface area (Å²) in [6.45, 7) is 0.437. The maximum absolute atomic E-state index is 13.3. The average Bonchev–Trinajstić information content (AvgIpc) is 2.22. The van der Waals surface area contributed by atoms with Crippen LogP contribution in [0.5, 0.6) is 0 Å². The molecule has 0 heterocycles. The first kappa shape index (κ1) is 12.6. The zero-order valence-corrected chi connectivity index (χ0v) is 9.20. The highest BCUT2D eigenvalue weighted by Crippen LogP contribution is 2.14. The number of carbonyl (C=O) groups is 1. The monoisotopic (exact) mass is 226 g/mol. The Kier molecular flexibility index (Phi) is 4.92. The maximum atomic E-state index is 13.3. The summed E-state index contributed by atoms with van der Waals surface area (Å²) in [7, 11) is 1.58. The topological polar surface area (TPSA) is 46.5 Å². The number of methoxy groups -OCH3 is 1. The number of aliphatic carboxylic acids is 1. The van der Waals surface area contributed by atoms with Crippen molar-refractivity contribution in [2.45, 2.75) is 25.9 Å². The van der Waals surface area contributed by atoms with Crippen molar-refractivity contribution in [3.8, 4) is 0 Å². The molecule has 1 aromatic carbocycles. The summed E-state index contributed by atoms with van der Waals surface area (Å²) in [4.78, 5) is 10.3. The van der Waals surface area contributed by atoms with E-state index in [1.807, 2.05) is 0 Å². The summed E-state index contributed by atoms with van der Waals surface area (Å²) in [6.07, 6.45) is 0.951. The quantitative estimate of drug-likeness (QED) is 0.810. The first-order valence-electron chi connectivity index (χ1n) is 5.11. The zero-order valence-electron chi connectivity index (χ0n) is 9.20. The van der Waals surface area contributed by atoms with Gasteiger partial charge in [0.05, 0.1) is 6.61 Å². The Labute approximate surface area is 93.9 Å².